The van der Waals surface area contributed by atoms with Crippen molar-refractivity contribution < 1.29 is 19.1 Å². The van der Waals surface area contributed by atoms with Gasteiger partial charge < -0.3 is 14.8 Å². The molecule has 3 aromatic carbocycles. The van der Waals surface area contributed by atoms with Crippen molar-refractivity contribution in [3.05, 3.63) is 99.6 Å². The number of carbonyl (C=O) groups is 2. The number of hydrogen-bond donors (Lipinski definition) is 2. The molecule has 0 bridgehead atoms. The number of anilines is 1. The second-order valence-corrected chi connectivity index (χ2v) is 12.2. The fourth-order valence-electron chi connectivity index (χ4n) is 4.92. The Morgan fingerprint density at radius 2 is 1.98 bits per heavy atom. The van der Waals surface area contributed by atoms with Gasteiger partial charge in [-0.25, -0.2) is 9.89 Å². The maximum Gasteiger partial charge on any atom is 0.414 e. The van der Waals surface area contributed by atoms with Crippen molar-refractivity contribution in [3.8, 4) is 16.9 Å². The van der Waals surface area contributed by atoms with E-state index < -0.39 is 11.5 Å². The van der Waals surface area contributed by atoms with E-state index in [1.54, 1.807) is 40.9 Å². The van der Waals surface area contributed by atoms with Crippen molar-refractivity contribution in [2.75, 3.05) is 18.1 Å². The van der Waals surface area contributed by atoms with Crippen LogP contribution in [-0.2, 0) is 17.8 Å². The Hall–Kier alpha value is -4.59. The summed E-state index contributed by atoms with van der Waals surface area (Å²) in [6, 6.07) is 16.3. The van der Waals surface area contributed by atoms with Crippen LogP contribution >= 0.6 is 35.0 Å². The van der Waals surface area contributed by atoms with Gasteiger partial charge in [-0.05, 0) is 66.2 Å². The van der Waals surface area contributed by atoms with Crippen molar-refractivity contribution in [2.45, 2.75) is 37.3 Å². The molecule has 3 heterocycles. The Morgan fingerprint density at radius 3 is 2.78 bits per heavy atom. The van der Waals surface area contributed by atoms with E-state index in [1.807, 2.05) is 49.5 Å². The third-order valence-electron chi connectivity index (χ3n) is 7.22. The number of aromatic amines is 1. The fourth-order valence-corrected chi connectivity index (χ4v) is 6.51. The highest BCUT2D eigenvalue weighted by Crippen LogP contribution is 2.45. The molecule has 0 fully saturated rings. The number of tetrazole rings is 1. The third-order valence-corrected chi connectivity index (χ3v) is 9.17. The van der Waals surface area contributed by atoms with Crippen LogP contribution in [-0.4, -0.2) is 61.0 Å². The maximum atomic E-state index is 13.1. The molecule has 1 aliphatic heterocycles. The number of hydrogen-bond acceptors (Lipinski definition) is 9. The van der Waals surface area contributed by atoms with Gasteiger partial charge >= 0.3 is 6.09 Å². The number of amides is 2. The lowest BCUT2D eigenvalue weighted by molar-refractivity contribution is 0.0949. The molecule has 0 saturated heterocycles. The monoisotopic (exact) mass is 678 g/mol. The van der Waals surface area contributed by atoms with Gasteiger partial charge in [0, 0.05) is 43.4 Å². The minimum Gasteiger partial charge on any atom is -0.477 e. The van der Waals surface area contributed by atoms with Crippen LogP contribution in [0, 0.1) is 6.92 Å². The number of benzene rings is 3. The summed E-state index contributed by atoms with van der Waals surface area (Å²) in [6.45, 7) is 4.67. The molecule has 2 aromatic heterocycles. The summed E-state index contributed by atoms with van der Waals surface area (Å²) >= 11 is 14.4. The minimum absolute atomic E-state index is 0.157. The third kappa shape index (κ3) is 6.81. The SMILES string of the molecule is CCOC(=O)N1CC(Oc2cccc(Cl)c2C)Sc2c(-c3cnn(Cc4cc(C(=O)NCc5nnn[nH]5)ccc4Cl)c3)cccc21. The number of halogens is 2. The maximum absolute atomic E-state index is 13.1. The summed E-state index contributed by atoms with van der Waals surface area (Å²) in [7, 11) is 0. The van der Waals surface area contributed by atoms with E-state index in [9.17, 15) is 9.59 Å². The number of rotatable bonds is 9. The van der Waals surface area contributed by atoms with Gasteiger partial charge in [-0.3, -0.25) is 14.4 Å². The van der Waals surface area contributed by atoms with Crippen molar-refractivity contribution in [1.82, 2.24) is 35.7 Å². The zero-order valence-corrected chi connectivity index (χ0v) is 27.1. The Balaban J connectivity index is 1.25. The van der Waals surface area contributed by atoms with E-state index in [2.05, 4.69) is 31.0 Å². The van der Waals surface area contributed by atoms with Crippen LogP contribution in [0.2, 0.25) is 10.0 Å². The number of thioether (sulfide) groups is 1. The van der Waals surface area contributed by atoms with Crippen LogP contribution in [0.25, 0.3) is 11.1 Å². The molecule has 2 N–H and O–H groups in total. The Labute approximate surface area is 278 Å². The largest absolute Gasteiger partial charge is 0.477 e. The molecule has 1 unspecified atom stereocenters. The zero-order chi connectivity index (χ0) is 32.2. The van der Waals surface area contributed by atoms with Gasteiger partial charge in [0.15, 0.2) is 11.3 Å². The number of nitrogens with zero attached hydrogens (tertiary/aromatic N) is 6. The number of nitrogens with one attached hydrogen (secondary N) is 2. The highest BCUT2D eigenvalue weighted by atomic mass is 35.5. The summed E-state index contributed by atoms with van der Waals surface area (Å²) < 4.78 is 13.5. The van der Waals surface area contributed by atoms with Crippen LogP contribution < -0.4 is 15.0 Å². The Bertz CT molecular complexity index is 1880. The van der Waals surface area contributed by atoms with Gasteiger partial charge in [0.25, 0.3) is 5.91 Å². The molecule has 5 aromatic rings. The van der Waals surface area contributed by atoms with Gasteiger partial charge in [0.1, 0.15) is 5.75 Å². The van der Waals surface area contributed by atoms with Crippen LogP contribution in [0.5, 0.6) is 5.75 Å². The highest BCUT2D eigenvalue weighted by Gasteiger charge is 2.33. The summed E-state index contributed by atoms with van der Waals surface area (Å²) in [5.74, 6) is 0.792. The van der Waals surface area contributed by atoms with Crippen molar-refractivity contribution in [1.29, 1.82) is 0 Å². The van der Waals surface area contributed by atoms with E-state index >= 15 is 0 Å². The van der Waals surface area contributed by atoms with Gasteiger partial charge in [0.05, 0.1) is 38.1 Å². The van der Waals surface area contributed by atoms with Crippen LogP contribution in [0.4, 0.5) is 10.5 Å². The van der Waals surface area contributed by atoms with Gasteiger partial charge in [-0.1, -0.05) is 53.2 Å². The molecule has 12 nitrogen and oxygen atoms in total. The molecule has 15 heteroatoms. The van der Waals surface area contributed by atoms with Gasteiger partial charge in [-0.15, -0.1) is 5.10 Å². The van der Waals surface area contributed by atoms with E-state index in [-0.39, 0.29) is 25.6 Å². The molecular weight excluding hydrogens is 651 g/mol. The zero-order valence-electron chi connectivity index (χ0n) is 24.7. The van der Waals surface area contributed by atoms with Crippen LogP contribution in [0.15, 0.2) is 71.9 Å². The second-order valence-electron chi connectivity index (χ2n) is 10.3. The Morgan fingerprint density at radius 1 is 1.13 bits per heavy atom. The average molecular weight is 680 g/mol. The molecule has 6 rings (SSSR count). The summed E-state index contributed by atoms with van der Waals surface area (Å²) in [6.07, 6.45) is 3.20. The number of fused-ring (bicyclic) bond motifs is 1. The first-order chi connectivity index (χ1) is 22.3. The molecule has 1 aliphatic rings. The highest BCUT2D eigenvalue weighted by molar-refractivity contribution is 8.00. The van der Waals surface area contributed by atoms with Gasteiger partial charge in [-0.2, -0.15) is 5.10 Å². The predicted molar refractivity (Wildman–Crippen MR) is 174 cm³/mol. The van der Waals surface area contributed by atoms with Crippen molar-refractivity contribution in [3.63, 3.8) is 0 Å². The van der Waals surface area contributed by atoms with Crippen molar-refractivity contribution in [2.24, 2.45) is 0 Å². The first kappa shape index (κ1) is 31.4. The smallest absolute Gasteiger partial charge is 0.414 e. The molecule has 0 radical (unpaired) electrons. The predicted octanol–water partition coefficient (Wildman–Crippen LogP) is 6.13. The lowest BCUT2D eigenvalue weighted by Crippen LogP contribution is -2.42. The molecule has 2 amide bonds. The van der Waals surface area contributed by atoms with Crippen LogP contribution in [0.1, 0.15) is 34.2 Å². The molecule has 1 atom stereocenters. The van der Waals surface area contributed by atoms with Gasteiger partial charge in [0.2, 0.25) is 0 Å². The quantitative estimate of drug-likeness (QED) is 0.188. The van der Waals surface area contributed by atoms with E-state index in [0.29, 0.717) is 39.3 Å². The number of carbonyl (C=O) groups excluding carboxylic acids is 2. The molecule has 46 heavy (non-hydrogen) atoms. The van der Waals surface area contributed by atoms with E-state index in [0.717, 1.165) is 27.3 Å². The average Bonchev–Trinajstić information content (AvgIpc) is 3.75. The van der Waals surface area contributed by atoms with Crippen LogP contribution in [0.3, 0.4) is 0 Å². The van der Waals surface area contributed by atoms with E-state index in [4.69, 9.17) is 32.7 Å². The first-order valence-corrected chi connectivity index (χ1v) is 15.9. The van der Waals surface area contributed by atoms with E-state index in [1.165, 1.54) is 11.8 Å². The molecular formula is C31H28Cl2N8O4S. The molecule has 0 aliphatic carbocycles. The number of aromatic nitrogens is 6. The fraction of sp³-hybridized carbons (Fsp3) is 0.226. The number of ether oxygens (including phenoxy) is 2. The summed E-state index contributed by atoms with van der Waals surface area (Å²) in [4.78, 5) is 28.3. The molecule has 0 spiro atoms. The Kier molecular flexibility index (Phi) is 9.43. The standard InChI is InChI=1S/C31H28Cl2N8O4S/c1-3-44-31(43)41-17-28(45-26-9-5-7-23(32)18(26)2)46-29-22(6-4-8-25(29)41)21-13-35-40(16-21)15-20-12-19(10-11-24(20)33)30(42)34-14-27-36-38-39-37-27/h4-13,16,28H,3,14-15,17H2,1-2H3,(H,34,42)(H,36,37,38,39). The summed E-state index contributed by atoms with van der Waals surface area (Å²) in [5.41, 5.74) is 3.97. The lowest BCUT2D eigenvalue weighted by atomic mass is 10.1. The first-order valence-electron chi connectivity index (χ1n) is 14.3. The lowest BCUT2D eigenvalue weighted by Gasteiger charge is -2.34. The molecule has 0 saturated carbocycles. The topological polar surface area (TPSA) is 140 Å². The molecule has 236 valence electrons. The second kappa shape index (κ2) is 13.8. The minimum atomic E-state index is -0.454. The summed E-state index contributed by atoms with van der Waals surface area (Å²) in [5, 5.41) is 21.8. The van der Waals surface area contributed by atoms with Crippen molar-refractivity contribution >= 4 is 52.7 Å². The number of H-pyrrole nitrogens is 1. The normalized spacial score (nSPS) is 14.1.